The van der Waals surface area contributed by atoms with Gasteiger partial charge in [0.1, 0.15) is 0 Å². The molecule has 3 aliphatic rings. The highest BCUT2D eigenvalue weighted by molar-refractivity contribution is 5.88. The van der Waals surface area contributed by atoms with E-state index in [1.54, 1.807) is 16.7 Å². The average molecular weight is 341 g/mol. The fourth-order valence-corrected chi connectivity index (χ4v) is 5.90. The van der Waals surface area contributed by atoms with Crippen molar-refractivity contribution in [2.24, 2.45) is 10.8 Å². The average Bonchev–Trinajstić information content (AvgIpc) is 3.20. The summed E-state index contributed by atoms with van der Waals surface area (Å²) in [6.07, 6.45) is 4.72. The van der Waals surface area contributed by atoms with Crippen molar-refractivity contribution in [2.75, 3.05) is 0 Å². The van der Waals surface area contributed by atoms with Crippen LogP contribution in [-0.2, 0) is 12.8 Å². The van der Waals surface area contributed by atoms with Crippen LogP contribution in [0.3, 0.4) is 0 Å². The van der Waals surface area contributed by atoms with Crippen LogP contribution in [-0.4, -0.2) is 0 Å². The maximum absolute atomic E-state index is 2.49. The number of allylic oxidation sites excluding steroid dienone is 3. The second-order valence-corrected chi connectivity index (χ2v) is 9.38. The predicted molar refractivity (Wildman–Crippen MR) is 111 cm³/mol. The molecule has 0 radical (unpaired) electrons. The molecule has 1 unspecified atom stereocenters. The summed E-state index contributed by atoms with van der Waals surface area (Å²) in [4.78, 5) is 0. The minimum absolute atomic E-state index is 0.0894. The second-order valence-electron chi connectivity index (χ2n) is 9.38. The van der Waals surface area contributed by atoms with Gasteiger partial charge in [-0.1, -0.05) is 94.3 Å². The Morgan fingerprint density at radius 1 is 1.00 bits per heavy atom. The lowest BCUT2D eigenvalue weighted by atomic mass is 9.55. The molecule has 0 saturated carbocycles. The number of rotatable bonds is 1. The van der Waals surface area contributed by atoms with Crippen molar-refractivity contribution in [1.29, 1.82) is 0 Å². The molecule has 5 rings (SSSR count). The van der Waals surface area contributed by atoms with E-state index in [0.717, 1.165) is 12.8 Å². The molecule has 1 atom stereocenters. The Kier molecular flexibility index (Phi) is 3.10. The van der Waals surface area contributed by atoms with E-state index in [4.69, 9.17) is 0 Å². The van der Waals surface area contributed by atoms with Gasteiger partial charge in [0.25, 0.3) is 0 Å². The summed E-state index contributed by atoms with van der Waals surface area (Å²) in [5.74, 6) is 0.507. The van der Waals surface area contributed by atoms with Gasteiger partial charge in [-0.15, -0.1) is 0 Å². The highest BCUT2D eigenvalue weighted by atomic mass is 14.6. The Morgan fingerprint density at radius 3 is 2.54 bits per heavy atom. The summed E-state index contributed by atoms with van der Waals surface area (Å²) in [6, 6.07) is 16.2. The van der Waals surface area contributed by atoms with Crippen LogP contribution in [0, 0.1) is 10.8 Å². The number of hydrogen-bond donors (Lipinski definition) is 0. The molecule has 0 aliphatic heterocycles. The number of fused-ring (bicyclic) bond motifs is 5. The highest BCUT2D eigenvalue weighted by Gasteiger charge is 2.53. The summed E-state index contributed by atoms with van der Waals surface area (Å²) >= 11 is 0. The minimum Gasteiger partial charge on any atom is -0.0619 e. The molecule has 0 N–H and O–H groups in total. The molecule has 0 nitrogen and oxygen atoms in total. The minimum atomic E-state index is 0.0894. The number of aryl methyl sites for hydroxylation is 1. The fraction of sp³-hybridized carbons (Fsp3) is 0.385. The Morgan fingerprint density at radius 2 is 1.77 bits per heavy atom. The van der Waals surface area contributed by atoms with Crippen molar-refractivity contribution >= 4 is 11.6 Å². The Hall–Kier alpha value is -2.08. The Labute approximate surface area is 157 Å². The number of benzene rings is 2. The van der Waals surface area contributed by atoms with Gasteiger partial charge in [0.15, 0.2) is 0 Å². The molecular formula is C26H28. The molecule has 132 valence electrons. The zero-order valence-electron chi connectivity index (χ0n) is 16.6. The standard InChI is InChI=1S/C26H28/c1-6-16-11-12-18-15-22-24(20(18)13-16)26(4,5)21-14-17-9-7-8-10-19(17)23(21)25(22,2)3/h7-14,23H,6,15H2,1-5H3. The third kappa shape index (κ3) is 1.85. The predicted octanol–water partition coefficient (Wildman–Crippen LogP) is 6.81. The lowest BCUT2D eigenvalue weighted by Gasteiger charge is -2.48. The highest BCUT2D eigenvalue weighted by Crippen LogP contribution is 2.67. The van der Waals surface area contributed by atoms with Gasteiger partial charge in [-0.25, -0.2) is 0 Å². The van der Waals surface area contributed by atoms with Crippen molar-refractivity contribution in [3.63, 3.8) is 0 Å². The molecule has 0 saturated heterocycles. The zero-order chi connectivity index (χ0) is 18.3. The van der Waals surface area contributed by atoms with Gasteiger partial charge in [-0.2, -0.15) is 0 Å². The summed E-state index contributed by atoms with van der Waals surface area (Å²) in [5, 5.41) is 0. The molecular weight excluding hydrogens is 312 g/mol. The first-order valence-corrected chi connectivity index (χ1v) is 10.0. The van der Waals surface area contributed by atoms with Gasteiger partial charge in [0, 0.05) is 11.3 Å². The molecule has 26 heavy (non-hydrogen) atoms. The van der Waals surface area contributed by atoms with Gasteiger partial charge >= 0.3 is 0 Å². The summed E-state index contributed by atoms with van der Waals surface area (Å²) in [6.45, 7) is 12.1. The van der Waals surface area contributed by atoms with E-state index in [0.29, 0.717) is 5.92 Å². The van der Waals surface area contributed by atoms with Crippen molar-refractivity contribution < 1.29 is 0 Å². The lowest BCUT2D eigenvalue weighted by molar-refractivity contribution is 0.328. The van der Waals surface area contributed by atoms with Crippen LogP contribution in [0.4, 0.5) is 0 Å². The van der Waals surface area contributed by atoms with Crippen LogP contribution in [0.5, 0.6) is 0 Å². The monoisotopic (exact) mass is 340 g/mol. The van der Waals surface area contributed by atoms with Crippen LogP contribution in [0.25, 0.3) is 11.6 Å². The van der Waals surface area contributed by atoms with E-state index in [1.165, 1.54) is 27.8 Å². The second kappa shape index (κ2) is 5.00. The molecule has 0 aromatic heterocycles. The molecule has 0 spiro atoms. The third-order valence-corrected chi connectivity index (χ3v) is 7.30. The van der Waals surface area contributed by atoms with Crippen molar-refractivity contribution in [2.45, 2.75) is 53.4 Å². The van der Waals surface area contributed by atoms with Crippen LogP contribution in [0.2, 0.25) is 0 Å². The van der Waals surface area contributed by atoms with Gasteiger partial charge in [-0.05, 0) is 51.6 Å². The van der Waals surface area contributed by atoms with Crippen molar-refractivity contribution in [3.05, 3.63) is 81.4 Å². The molecule has 0 heteroatoms. The SMILES string of the molecule is CCc1ccc2c(c1)C1=C(C2)C(C)(C)C2C(=Cc3ccccc32)C1(C)C. The van der Waals surface area contributed by atoms with E-state index in [2.05, 4.69) is 83.2 Å². The molecule has 3 aliphatic carbocycles. The van der Waals surface area contributed by atoms with E-state index >= 15 is 0 Å². The maximum atomic E-state index is 2.49. The van der Waals surface area contributed by atoms with Crippen LogP contribution >= 0.6 is 0 Å². The van der Waals surface area contributed by atoms with Gasteiger partial charge in [0.05, 0.1) is 0 Å². The van der Waals surface area contributed by atoms with E-state index < -0.39 is 0 Å². The molecule has 0 fully saturated rings. The fourth-order valence-electron chi connectivity index (χ4n) is 5.90. The molecule has 2 aromatic rings. The topological polar surface area (TPSA) is 0 Å². The van der Waals surface area contributed by atoms with E-state index in [9.17, 15) is 0 Å². The molecule has 0 heterocycles. The van der Waals surface area contributed by atoms with Gasteiger partial charge in [-0.3, -0.25) is 0 Å². The summed E-state index contributed by atoms with van der Waals surface area (Å²) < 4.78 is 0. The first kappa shape index (κ1) is 16.1. The van der Waals surface area contributed by atoms with Crippen LogP contribution in [0.1, 0.15) is 68.4 Å². The van der Waals surface area contributed by atoms with Crippen LogP contribution < -0.4 is 0 Å². The molecule has 0 amide bonds. The maximum Gasteiger partial charge on any atom is 0.0155 e. The van der Waals surface area contributed by atoms with Crippen LogP contribution in [0.15, 0.2) is 53.6 Å². The quantitative estimate of drug-likeness (QED) is 0.535. The number of hydrogen-bond acceptors (Lipinski definition) is 0. The van der Waals surface area contributed by atoms with E-state index in [1.807, 2.05) is 0 Å². The van der Waals surface area contributed by atoms with E-state index in [-0.39, 0.29) is 10.8 Å². The molecule has 2 aromatic carbocycles. The van der Waals surface area contributed by atoms with Crippen molar-refractivity contribution in [1.82, 2.24) is 0 Å². The van der Waals surface area contributed by atoms with Crippen molar-refractivity contribution in [3.8, 4) is 0 Å². The normalized spacial score (nSPS) is 23.9. The summed E-state index contributed by atoms with van der Waals surface area (Å²) in [5.41, 5.74) is 12.6. The first-order valence-electron chi connectivity index (χ1n) is 10.0. The third-order valence-electron chi connectivity index (χ3n) is 7.30. The smallest absolute Gasteiger partial charge is 0.0155 e. The lowest BCUT2D eigenvalue weighted by Crippen LogP contribution is -2.36. The van der Waals surface area contributed by atoms with Gasteiger partial charge in [0.2, 0.25) is 0 Å². The van der Waals surface area contributed by atoms with Gasteiger partial charge < -0.3 is 0 Å². The largest absolute Gasteiger partial charge is 0.0619 e. The summed E-state index contributed by atoms with van der Waals surface area (Å²) in [7, 11) is 0. The molecule has 0 bridgehead atoms. The Balaban J connectivity index is 1.78. The first-order chi connectivity index (χ1) is 12.4. The zero-order valence-corrected chi connectivity index (χ0v) is 16.6. The Bertz CT molecular complexity index is 994.